The molecule has 72 valence electrons. The largest absolute Gasteiger partial charge is 0.313 e. The van der Waals surface area contributed by atoms with Crippen LogP contribution in [0.25, 0.3) is 0 Å². The Morgan fingerprint density at radius 1 is 1.46 bits per heavy atom. The smallest absolute Gasteiger partial charge is 0.126 e. The average Bonchev–Trinajstić information content (AvgIpc) is 2.10. The topological polar surface area (TPSA) is 12.0 Å². The molecular formula is C10H13ClFN. The molecule has 0 aliphatic carbocycles. The van der Waals surface area contributed by atoms with E-state index in [-0.39, 0.29) is 11.9 Å². The monoisotopic (exact) mass is 201 g/mol. The summed E-state index contributed by atoms with van der Waals surface area (Å²) in [5.74, 6) is -0.207. The highest BCUT2D eigenvalue weighted by Gasteiger charge is 2.10. The van der Waals surface area contributed by atoms with Gasteiger partial charge in [-0.15, -0.1) is 0 Å². The molecule has 0 bridgehead atoms. The van der Waals surface area contributed by atoms with Crippen molar-refractivity contribution >= 4 is 11.6 Å². The first-order valence-electron chi connectivity index (χ1n) is 4.19. The van der Waals surface area contributed by atoms with Crippen LogP contribution in [0.15, 0.2) is 12.1 Å². The molecule has 1 rings (SSSR count). The Balaban J connectivity index is 3.15. The van der Waals surface area contributed by atoms with Crippen LogP contribution in [0.5, 0.6) is 0 Å². The van der Waals surface area contributed by atoms with Crippen molar-refractivity contribution in [1.29, 1.82) is 0 Å². The van der Waals surface area contributed by atoms with E-state index in [1.165, 1.54) is 6.07 Å². The Bertz CT molecular complexity index is 312. The molecule has 1 unspecified atom stereocenters. The number of nitrogens with one attached hydrogen (secondary N) is 1. The summed E-state index contributed by atoms with van der Waals surface area (Å²) in [6.45, 7) is 3.64. The quantitative estimate of drug-likeness (QED) is 0.776. The van der Waals surface area contributed by atoms with Crippen molar-refractivity contribution in [3.8, 4) is 0 Å². The standard InChI is InChI=1S/C10H13ClFN/c1-6-4-9(11)8(5-10(6)12)7(2)13-3/h4-5,7,13H,1-3H3. The van der Waals surface area contributed by atoms with Crippen LogP contribution in [0.1, 0.15) is 24.1 Å². The van der Waals surface area contributed by atoms with Gasteiger partial charge in [0.1, 0.15) is 5.82 Å². The van der Waals surface area contributed by atoms with Gasteiger partial charge in [0.2, 0.25) is 0 Å². The Morgan fingerprint density at radius 2 is 2.08 bits per heavy atom. The van der Waals surface area contributed by atoms with Crippen LogP contribution in [-0.2, 0) is 0 Å². The molecule has 1 N–H and O–H groups in total. The molecule has 0 radical (unpaired) electrons. The maximum absolute atomic E-state index is 13.2. The van der Waals surface area contributed by atoms with Crippen molar-refractivity contribution in [3.05, 3.63) is 34.1 Å². The molecule has 1 aromatic rings. The zero-order chi connectivity index (χ0) is 10.0. The predicted molar refractivity (Wildman–Crippen MR) is 53.6 cm³/mol. The number of rotatable bonds is 2. The van der Waals surface area contributed by atoms with Crippen LogP contribution in [0.4, 0.5) is 4.39 Å². The summed E-state index contributed by atoms with van der Waals surface area (Å²) in [5, 5.41) is 3.63. The van der Waals surface area contributed by atoms with E-state index in [0.717, 1.165) is 5.56 Å². The summed E-state index contributed by atoms with van der Waals surface area (Å²) in [6, 6.07) is 3.21. The molecule has 0 saturated heterocycles. The first-order chi connectivity index (χ1) is 6.06. The van der Waals surface area contributed by atoms with Crippen molar-refractivity contribution in [2.24, 2.45) is 0 Å². The highest BCUT2D eigenvalue weighted by Crippen LogP contribution is 2.25. The van der Waals surface area contributed by atoms with Crippen molar-refractivity contribution in [1.82, 2.24) is 5.32 Å². The lowest BCUT2D eigenvalue weighted by atomic mass is 10.1. The van der Waals surface area contributed by atoms with E-state index >= 15 is 0 Å². The first-order valence-corrected chi connectivity index (χ1v) is 4.57. The molecule has 0 amide bonds. The van der Waals surface area contributed by atoms with Gasteiger partial charge in [-0.25, -0.2) is 4.39 Å². The minimum absolute atomic E-state index is 0.0719. The highest BCUT2D eigenvalue weighted by molar-refractivity contribution is 6.31. The summed E-state index contributed by atoms with van der Waals surface area (Å²) in [4.78, 5) is 0. The van der Waals surface area contributed by atoms with E-state index in [4.69, 9.17) is 11.6 Å². The van der Waals surface area contributed by atoms with Crippen LogP contribution in [0, 0.1) is 12.7 Å². The van der Waals surface area contributed by atoms with Crippen LogP contribution >= 0.6 is 11.6 Å². The average molecular weight is 202 g/mol. The molecule has 0 spiro atoms. The van der Waals surface area contributed by atoms with E-state index in [2.05, 4.69) is 5.32 Å². The lowest BCUT2D eigenvalue weighted by Gasteiger charge is -2.13. The van der Waals surface area contributed by atoms with Gasteiger partial charge >= 0.3 is 0 Å². The van der Waals surface area contributed by atoms with Gasteiger partial charge in [-0.05, 0) is 44.2 Å². The van der Waals surface area contributed by atoms with Crippen molar-refractivity contribution < 1.29 is 4.39 Å². The van der Waals surface area contributed by atoms with Crippen LogP contribution in [-0.4, -0.2) is 7.05 Å². The van der Waals surface area contributed by atoms with Gasteiger partial charge in [-0.2, -0.15) is 0 Å². The molecule has 13 heavy (non-hydrogen) atoms. The van der Waals surface area contributed by atoms with Gasteiger partial charge in [0.15, 0.2) is 0 Å². The molecule has 1 atom stereocenters. The second-order valence-electron chi connectivity index (χ2n) is 3.13. The molecule has 0 heterocycles. The Labute approximate surface area is 82.9 Å². The maximum atomic E-state index is 13.2. The highest BCUT2D eigenvalue weighted by atomic mass is 35.5. The zero-order valence-electron chi connectivity index (χ0n) is 7.99. The van der Waals surface area contributed by atoms with E-state index in [1.54, 1.807) is 13.0 Å². The lowest BCUT2D eigenvalue weighted by Crippen LogP contribution is -2.13. The minimum Gasteiger partial charge on any atom is -0.313 e. The third-order valence-corrected chi connectivity index (χ3v) is 2.50. The third kappa shape index (κ3) is 2.20. The maximum Gasteiger partial charge on any atom is 0.126 e. The van der Waals surface area contributed by atoms with Gasteiger partial charge in [-0.1, -0.05) is 11.6 Å². The van der Waals surface area contributed by atoms with Crippen LogP contribution in [0.2, 0.25) is 5.02 Å². The first kappa shape index (κ1) is 10.5. The molecule has 0 aliphatic heterocycles. The fourth-order valence-electron chi connectivity index (χ4n) is 1.15. The molecule has 3 heteroatoms. The van der Waals surface area contributed by atoms with Crippen molar-refractivity contribution in [2.45, 2.75) is 19.9 Å². The van der Waals surface area contributed by atoms with Crippen molar-refractivity contribution in [3.63, 3.8) is 0 Å². The molecule has 1 nitrogen and oxygen atoms in total. The number of hydrogen-bond donors (Lipinski definition) is 1. The van der Waals surface area contributed by atoms with Gasteiger partial charge in [-0.3, -0.25) is 0 Å². The Kier molecular flexibility index (Phi) is 3.28. The lowest BCUT2D eigenvalue weighted by molar-refractivity contribution is 0.601. The minimum atomic E-state index is -0.207. The Hall–Kier alpha value is -0.600. The van der Waals surface area contributed by atoms with Crippen LogP contribution < -0.4 is 5.32 Å². The molecular weight excluding hydrogens is 189 g/mol. The summed E-state index contributed by atoms with van der Waals surface area (Å²) in [5.41, 5.74) is 1.38. The fourth-order valence-corrected chi connectivity index (χ4v) is 1.53. The van der Waals surface area contributed by atoms with Gasteiger partial charge in [0, 0.05) is 11.1 Å². The molecule has 0 aromatic heterocycles. The van der Waals surface area contributed by atoms with Crippen LogP contribution in [0.3, 0.4) is 0 Å². The molecule has 0 saturated carbocycles. The van der Waals surface area contributed by atoms with E-state index < -0.39 is 0 Å². The molecule has 1 aromatic carbocycles. The second kappa shape index (κ2) is 4.07. The fraction of sp³-hybridized carbons (Fsp3) is 0.400. The van der Waals surface area contributed by atoms with E-state index in [9.17, 15) is 4.39 Å². The number of hydrogen-bond acceptors (Lipinski definition) is 1. The molecule has 0 fully saturated rings. The van der Waals surface area contributed by atoms with E-state index in [1.807, 2.05) is 14.0 Å². The van der Waals surface area contributed by atoms with E-state index in [0.29, 0.717) is 10.6 Å². The second-order valence-corrected chi connectivity index (χ2v) is 3.54. The Morgan fingerprint density at radius 3 is 2.62 bits per heavy atom. The number of halogens is 2. The summed E-state index contributed by atoms with van der Waals surface area (Å²) < 4.78 is 13.2. The van der Waals surface area contributed by atoms with Gasteiger partial charge in [0.05, 0.1) is 0 Å². The number of benzene rings is 1. The molecule has 0 aliphatic rings. The zero-order valence-corrected chi connectivity index (χ0v) is 8.74. The van der Waals surface area contributed by atoms with Gasteiger partial charge < -0.3 is 5.32 Å². The predicted octanol–water partition coefficient (Wildman–Crippen LogP) is 3.07. The van der Waals surface area contributed by atoms with Gasteiger partial charge in [0.25, 0.3) is 0 Å². The summed E-state index contributed by atoms with van der Waals surface area (Å²) in [7, 11) is 1.82. The summed E-state index contributed by atoms with van der Waals surface area (Å²) >= 11 is 5.97. The number of aryl methyl sites for hydroxylation is 1. The van der Waals surface area contributed by atoms with Crippen molar-refractivity contribution in [2.75, 3.05) is 7.05 Å². The SMILES string of the molecule is CNC(C)c1cc(F)c(C)cc1Cl. The summed E-state index contributed by atoms with van der Waals surface area (Å²) in [6.07, 6.45) is 0. The third-order valence-electron chi connectivity index (χ3n) is 2.18. The normalized spacial score (nSPS) is 13.0.